The van der Waals surface area contributed by atoms with E-state index in [1.165, 1.54) is 10.2 Å². The van der Waals surface area contributed by atoms with Crippen molar-refractivity contribution in [1.29, 1.82) is 0 Å². The van der Waals surface area contributed by atoms with Gasteiger partial charge in [-0.1, -0.05) is 26.0 Å². The maximum absolute atomic E-state index is 12.2. The van der Waals surface area contributed by atoms with E-state index in [0.29, 0.717) is 5.92 Å². The van der Waals surface area contributed by atoms with Crippen LogP contribution in [0.1, 0.15) is 37.1 Å². The van der Waals surface area contributed by atoms with Gasteiger partial charge in [-0.05, 0) is 54.9 Å². The van der Waals surface area contributed by atoms with Crippen molar-refractivity contribution >= 4 is 11.6 Å². The van der Waals surface area contributed by atoms with E-state index in [0.717, 1.165) is 42.6 Å². The fraction of sp³-hybridized carbons (Fsp3) is 0.421. The summed E-state index contributed by atoms with van der Waals surface area (Å²) in [4.78, 5) is 24.4. The van der Waals surface area contributed by atoms with Gasteiger partial charge in [0.15, 0.2) is 0 Å². The Balaban J connectivity index is 1.71. The predicted molar refractivity (Wildman–Crippen MR) is 94.1 cm³/mol. The second kappa shape index (κ2) is 6.99. The molecule has 0 radical (unpaired) electrons. The quantitative estimate of drug-likeness (QED) is 0.939. The number of nitrogens with zero attached hydrogens (tertiary/aromatic N) is 2. The number of fused-ring (bicyclic) bond motifs is 1. The molecule has 1 aliphatic rings. The van der Waals surface area contributed by atoms with Crippen LogP contribution in [0.25, 0.3) is 0 Å². The van der Waals surface area contributed by atoms with E-state index in [1.807, 2.05) is 24.3 Å². The Labute approximate surface area is 141 Å². The number of carbonyl (C=O) groups is 1. The number of aromatic nitrogens is 2. The molecule has 1 aromatic heterocycles. The molecular weight excluding hydrogens is 302 g/mol. The number of rotatable bonds is 4. The van der Waals surface area contributed by atoms with Crippen molar-refractivity contribution in [2.75, 3.05) is 5.32 Å². The van der Waals surface area contributed by atoms with Crippen LogP contribution in [0.2, 0.25) is 0 Å². The third-order valence-corrected chi connectivity index (χ3v) is 4.55. The second-order valence-corrected chi connectivity index (χ2v) is 6.56. The summed E-state index contributed by atoms with van der Waals surface area (Å²) in [5.74, 6) is 0.349. The summed E-state index contributed by atoms with van der Waals surface area (Å²) in [6.07, 6.45) is 3.81. The number of benzene rings is 1. The third-order valence-electron chi connectivity index (χ3n) is 4.55. The Morgan fingerprint density at radius 1 is 1.33 bits per heavy atom. The molecule has 3 rings (SSSR count). The van der Waals surface area contributed by atoms with Gasteiger partial charge in [-0.3, -0.25) is 9.59 Å². The zero-order chi connectivity index (χ0) is 17.1. The highest BCUT2D eigenvalue weighted by Crippen LogP contribution is 2.22. The lowest BCUT2D eigenvalue weighted by Crippen LogP contribution is -2.32. The summed E-state index contributed by atoms with van der Waals surface area (Å²) in [5.41, 5.74) is 3.73. The van der Waals surface area contributed by atoms with Gasteiger partial charge in [-0.25, -0.2) is 4.68 Å². The van der Waals surface area contributed by atoms with E-state index in [1.54, 1.807) is 6.07 Å². The molecule has 0 spiro atoms. The third kappa shape index (κ3) is 3.72. The van der Waals surface area contributed by atoms with Gasteiger partial charge in [-0.15, -0.1) is 0 Å². The first-order valence-electron chi connectivity index (χ1n) is 8.54. The monoisotopic (exact) mass is 325 g/mol. The first kappa shape index (κ1) is 16.4. The van der Waals surface area contributed by atoms with Crippen molar-refractivity contribution in [2.45, 2.75) is 46.1 Å². The van der Waals surface area contributed by atoms with Crippen molar-refractivity contribution in [2.24, 2.45) is 5.92 Å². The zero-order valence-corrected chi connectivity index (χ0v) is 14.2. The molecule has 1 N–H and O–H groups in total. The Hall–Kier alpha value is -2.43. The first-order valence-corrected chi connectivity index (χ1v) is 8.54. The van der Waals surface area contributed by atoms with Gasteiger partial charge in [0.1, 0.15) is 6.54 Å². The number of nitrogens with one attached hydrogen (secondary N) is 1. The minimum atomic E-state index is -0.238. The molecule has 1 aromatic carbocycles. The summed E-state index contributed by atoms with van der Waals surface area (Å²) in [6.45, 7) is 4.21. The molecule has 5 heteroatoms. The van der Waals surface area contributed by atoms with E-state index in [9.17, 15) is 9.59 Å². The summed E-state index contributed by atoms with van der Waals surface area (Å²) < 4.78 is 1.27. The summed E-state index contributed by atoms with van der Waals surface area (Å²) in [7, 11) is 0. The van der Waals surface area contributed by atoms with Gasteiger partial charge >= 0.3 is 0 Å². The topological polar surface area (TPSA) is 64.0 Å². The lowest BCUT2D eigenvalue weighted by molar-refractivity contribution is -0.117. The van der Waals surface area contributed by atoms with E-state index < -0.39 is 0 Å². The molecule has 2 aromatic rings. The fourth-order valence-electron chi connectivity index (χ4n) is 3.09. The van der Waals surface area contributed by atoms with Crippen LogP contribution in [0, 0.1) is 5.92 Å². The number of amides is 1. The molecule has 0 fully saturated rings. The number of anilines is 1. The van der Waals surface area contributed by atoms with Gasteiger partial charge in [0.25, 0.3) is 5.56 Å². The molecule has 1 heterocycles. The van der Waals surface area contributed by atoms with Crippen LogP contribution < -0.4 is 10.9 Å². The Bertz CT molecular complexity index is 793. The van der Waals surface area contributed by atoms with Crippen molar-refractivity contribution in [3.63, 3.8) is 0 Å². The van der Waals surface area contributed by atoms with E-state index in [2.05, 4.69) is 24.3 Å². The highest BCUT2D eigenvalue weighted by Gasteiger charge is 2.18. The minimum absolute atomic E-state index is 0.0583. The largest absolute Gasteiger partial charge is 0.324 e. The van der Waals surface area contributed by atoms with E-state index in [4.69, 9.17) is 0 Å². The lowest BCUT2D eigenvalue weighted by Gasteiger charge is -2.20. The lowest BCUT2D eigenvalue weighted by atomic mass is 9.88. The van der Waals surface area contributed by atoms with Crippen LogP contribution >= 0.6 is 0 Å². The maximum Gasteiger partial charge on any atom is 0.267 e. The summed E-state index contributed by atoms with van der Waals surface area (Å²) in [6, 6.07) is 9.36. The van der Waals surface area contributed by atoms with Crippen LogP contribution in [-0.4, -0.2) is 15.7 Å². The molecular formula is C19H23N3O2. The molecule has 5 nitrogen and oxygen atoms in total. The van der Waals surface area contributed by atoms with Crippen LogP contribution in [0.3, 0.4) is 0 Å². The Kier molecular flexibility index (Phi) is 4.79. The molecule has 126 valence electrons. The number of hydrogen-bond acceptors (Lipinski definition) is 3. The Morgan fingerprint density at radius 3 is 2.79 bits per heavy atom. The highest BCUT2D eigenvalue weighted by molar-refractivity contribution is 5.90. The van der Waals surface area contributed by atoms with Crippen molar-refractivity contribution in [3.8, 4) is 0 Å². The van der Waals surface area contributed by atoms with Crippen molar-refractivity contribution in [3.05, 3.63) is 57.5 Å². The van der Waals surface area contributed by atoms with Gasteiger partial charge < -0.3 is 5.32 Å². The zero-order valence-electron chi connectivity index (χ0n) is 14.2. The predicted octanol–water partition coefficient (Wildman–Crippen LogP) is 2.57. The standard InChI is InChI=1S/C19H23N3O2/c1-3-14-5-7-16(8-6-14)20-18(23)12-22-19(24)11-15-10-13(2)4-9-17(15)21-22/h5-8,11,13H,3-4,9-10,12H2,1-2H3,(H,20,23)/t13-/m1/s1. The van der Waals surface area contributed by atoms with Gasteiger partial charge in [0.05, 0.1) is 5.69 Å². The molecule has 0 bridgehead atoms. The van der Waals surface area contributed by atoms with E-state index >= 15 is 0 Å². The minimum Gasteiger partial charge on any atom is -0.324 e. The second-order valence-electron chi connectivity index (χ2n) is 6.56. The summed E-state index contributed by atoms with van der Waals surface area (Å²) in [5, 5.41) is 7.22. The van der Waals surface area contributed by atoms with Crippen LogP contribution in [-0.2, 0) is 30.6 Å². The molecule has 1 amide bonds. The summed E-state index contributed by atoms with van der Waals surface area (Å²) >= 11 is 0. The number of carbonyl (C=O) groups excluding carboxylic acids is 1. The normalized spacial score (nSPS) is 16.5. The van der Waals surface area contributed by atoms with Gasteiger partial charge in [-0.2, -0.15) is 5.10 Å². The smallest absolute Gasteiger partial charge is 0.267 e. The SMILES string of the molecule is CCc1ccc(NC(=O)Cn2nc3c(cc2=O)C[C@H](C)CC3)cc1. The molecule has 1 atom stereocenters. The molecule has 0 aliphatic heterocycles. The molecule has 0 saturated heterocycles. The number of aryl methyl sites for hydroxylation is 2. The Morgan fingerprint density at radius 2 is 2.08 bits per heavy atom. The first-order chi connectivity index (χ1) is 11.5. The van der Waals surface area contributed by atoms with Gasteiger partial charge in [0.2, 0.25) is 5.91 Å². The van der Waals surface area contributed by atoms with Gasteiger partial charge in [0, 0.05) is 11.8 Å². The molecule has 0 saturated carbocycles. The molecule has 1 aliphatic carbocycles. The molecule has 24 heavy (non-hydrogen) atoms. The van der Waals surface area contributed by atoms with E-state index in [-0.39, 0.29) is 18.0 Å². The average molecular weight is 325 g/mol. The fourth-order valence-corrected chi connectivity index (χ4v) is 3.09. The van der Waals surface area contributed by atoms with Crippen molar-refractivity contribution < 1.29 is 4.79 Å². The van der Waals surface area contributed by atoms with Crippen molar-refractivity contribution in [1.82, 2.24) is 9.78 Å². The molecule has 0 unspecified atom stereocenters. The maximum atomic E-state index is 12.2. The van der Waals surface area contributed by atoms with Crippen LogP contribution in [0.15, 0.2) is 35.1 Å². The van der Waals surface area contributed by atoms with Crippen LogP contribution in [0.4, 0.5) is 5.69 Å². The highest BCUT2D eigenvalue weighted by atomic mass is 16.2. The average Bonchev–Trinajstić information content (AvgIpc) is 2.56. The number of hydrogen-bond donors (Lipinski definition) is 1. The van der Waals surface area contributed by atoms with Crippen LogP contribution in [0.5, 0.6) is 0 Å².